The van der Waals surface area contributed by atoms with Crippen molar-refractivity contribution in [2.24, 2.45) is 5.92 Å². The van der Waals surface area contributed by atoms with Gasteiger partial charge in [0.05, 0.1) is 10.7 Å². The predicted octanol–water partition coefficient (Wildman–Crippen LogP) is 2.83. The summed E-state index contributed by atoms with van der Waals surface area (Å²) >= 11 is 1.51. The zero-order chi connectivity index (χ0) is 17.6. The Labute approximate surface area is 151 Å². The minimum Gasteiger partial charge on any atom is -0.337 e. The average Bonchev–Trinajstić information content (AvgIpc) is 2.96. The molecule has 2 aromatic heterocycles. The van der Waals surface area contributed by atoms with Gasteiger partial charge in [0, 0.05) is 37.3 Å². The first-order valence-electron chi connectivity index (χ1n) is 9.02. The van der Waals surface area contributed by atoms with E-state index in [1.165, 1.54) is 11.3 Å². The number of aromatic nitrogens is 2. The van der Waals surface area contributed by atoms with Gasteiger partial charge < -0.3 is 9.47 Å². The van der Waals surface area contributed by atoms with Crippen LogP contribution in [0, 0.1) is 12.8 Å². The second kappa shape index (κ2) is 6.41. The van der Waals surface area contributed by atoms with E-state index in [0.717, 1.165) is 53.6 Å². The molecule has 2 aliphatic rings. The second-order valence-electron chi connectivity index (χ2n) is 7.17. The number of rotatable bonds is 3. The molecule has 2 bridgehead atoms. The minimum atomic E-state index is 0.0790. The van der Waals surface area contributed by atoms with Gasteiger partial charge >= 0.3 is 0 Å². The maximum atomic E-state index is 13.1. The second-order valence-corrected chi connectivity index (χ2v) is 8.37. The van der Waals surface area contributed by atoms with Gasteiger partial charge in [-0.2, -0.15) is 0 Å². The van der Waals surface area contributed by atoms with Crippen molar-refractivity contribution in [1.82, 2.24) is 14.5 Å². The first kappa shape index (κ1) is 16.5. The van der Waals surface area contributed by atoms with Gasteiger partial charge in [0.2, 0.25) is 0 Å². The number of pyridine rings is 1. The van der Waals surface area contributed by atoms with Gasteiger partial charge in [-0.1, -0.05) is 19.4 Å². The van der Waals surface area contributed by atoms with E-state index in [2.05, 4.69) is 11.9 Å². The third-order valence-electron chi connectivity index (χ3n) is 5.25. The Morgan fingerprint density at radius 3 is 2.96 bits per heavy atom. The van der Waals surface area contributed by atoms with Crippen molar-refractivity contribution in [1.29, 1.82) is 0 Å². The minimum absolute atomic E-state index is 0.0790. The molecule has 2 unspecified atom stereocenters. The van der Waals surface area contributed by atoms with E-state index in [0.29, 0.717) is 12.5 Å². The lowest BCUT2D eigenvalue weighted by atomic mass is 9.83. The molecule has 0 spiro atoms. The van der Waals surface area contributed by atoms with Crippen molar-refractivity contribution < 1.29 is 4.79 Å². The average molecular weight is 357 g/mol. The van der Waals surface area contributed by atoms with Crippen LogP contribution in [0.2, 0.25) is 0 Å². The summed E-state index contributed by atoms with van der Waals surface area (Å²) in [6.07, 6.45) is 2.91. The van der Waals surface area contributed by atoms with Gasteiger partial charge in [-0.3, -0.25) is 9.59 Å². The Kier molecular flexibility index (Phi) is 4.23. The number of hydrogen-bond donors (Lipinski definition) is 0. The molecule has 2 aromatic rings. The molecule has 0 radical (unpaired) electrons. The van der Waals surface area contributed by atoms with Gasteiger partial charge in [-0.15, -0.1) is 11.3 Å². The van der Waals surface area contributed by atoms with Crippen LogP contribution in [0.25, 0.3) is 0 Å². The fraction of sp³-hybridized carbons (Fsp3) is 0.526. The number of nitrogens with zero attached hydrogens (tertiary/aromatic N) is 3. The Morgan fingerprint density at radius 1 is 1.32 bits per heavy atom. The Morgan fingerprint density at radius 2 is 2.16 bits per heavy atom. The van der Waals surface area contributed by atoms with E-state index in [4.69, 9.17) is 0 Å². The molecule has 1 fully saturated rings. The molecule has 2 atom stereocenters. The van der Waals surface area contributed by atoms with Crippen LogP contribution in [-0.2, 0) is 13.0 Å². The first-order valence-corrected chi connectivity index (χ1v) is 9.83. The SMILES string of the molecule is CCCc1nc(C)sc1C(=O)N1CC2CC(C1)c1cccc(=O)n1C2. The van der Waals surface area contributed by atoms with Gasteiger partial charge in [0.25, 0.3) is 11.5 Å². The topological polar surface area (TPSA) is 55.2 Å². The van der Waals surface area contributed by atoms with Crippen molar-refractivity contribution in [3.63, 3.8) is 0 Å². The predicted molar refractivity (Wildman–Crippen MR) is 98.3 cm³/mol. The summed E-state index contributed by atoms with van der Waals surface area (Å²) in [5, 5.41) is 0.959. The van der Waals surface area contributed by atoms with Gasteiger partial charge in [0.1, 0.15) is 4.88 Å². The normalized spacial score (nSPS) is 21.9. The standard InChI is InChI=1S/C19H23N3O2S/c1-3-5-15-18(25-12(2)20-15)19(24)21-9-13-8-14(11-21)16-6-4-7-17(23)22(16)10-13/h4,6-7,13-14H,3,5,8-11H2,1-2H3. The molecule has 4 heterocycles. The lowest BCUT2D eigenvalue weighted by Gasteiger charge is -2.42. The highest BCUT2D eigenvalue weighted by molar-refractivity contribution is 7.13. The molecule has 0 saturated carbocycles. The fourth-order valence-corrected chi connectivity index (χ4v) is 5.18. The van der Waals surface area contributed by atoms with E-state index >= 15 is 0 Å². The lowest BCUT2D eigenvalue weighted by molar-refractivity contribution is 0.0598. The summed E-state index contributed by atoms with van der Waals surface area (Å²) in [5.41, 5.74) is 2.10. The number of thiazole rings is 1. The van der Waals surface area contributed by atoms with E-state index in [-0.39, 0.29) is 17.4 Å². The molecule has 2 aliphatic heterocycles. The molecule has 1 amide bonds. The lowest BCUT2D eigenvalue weighted by Crippen LogP contribution is -2.49. The molecule has 0 N–H and O–H groups in total. The number of amides is 1. The van der Waals surface area contributed by atoms with Crippen LogP contribution in [0.4, 0.5) is 0 Å². The monoisotopic (exact) mass is 357 g/mol. The van der Waals surface area contributed by atoms with Crippen LogP contribution in [0.1, 0.15) is 51.8 Å². The maximum absolute atomic E-state index is 13.1. The van der Waals surface area contributed by atoms with Crippen molar-refractivity contribution in [3.8, 4) is 0 Å². The molecule has 4 rings (SSSR count). The summed E-state index contributed by atoms with van der Waals surface area (Å²) in [5.74, 6) is 0.739. The quantitative estimate of drug-likeness (QED) is 0.849. The van der Waals surface area contributed by atoms with E-state index < -0.39 is 0 Å². The van der Waals surface area contributed by atoms with E-state index in [1.54, 1.807) is 6.07 Å². The van der Waals surface area contributed by atoms with Crippen LogP contribution >= 0.6 is 11.3 Å². The molecular weight excluding hydrogens is 334 g/mol. The van der Waals surface area contributed by atoms with Gasteiger partial charge in [-0.25, -0.2) is 4.98 Å². The summed E-state index contributed by atoms with van der Waals surface area (Å²) in [4.78, 5) is 32.6. The van der Waals surface area contributed by atoms with Crippen LogP contribution in [-0.4, -0.2) is 33.4 Å². The first-order chi connectivity index (χ1) is 12.1. The molecule has 0 aliphatic carbocycles. The number of fused-ring (bicyclic) bond motifs is 4. The van der Waals surface area contributed by atoms with E-state index in [9.17, 15) is 9.59 Å². The third kappa shape index (κ3) is 2.92. The molecule has 5 nitrogen and oxygen atoms in total. The van der Waals surface area contributed by atoms with Crippen LogP contribution in [0.5, 0.6) is 0 Å². The van der Waals surface area contributed by atoms with Crippen LogP contribution in [0.15, 0.2) is 23.0 Å². The highest BCUT2D eigenvalue weighted by Gasteiger charge is 2.37. The Bertz CT molecular complexity index is 870. The largest absolute Gasteiger partial charge is 0.337 e. The molecule has 6 heteroatoms. The molecule has 25 heavy (non-hydrogen) atoms. The smallest absolute Gasteiger partial charge is 0.265 e. The third-order valence-corrected chi connectivity index (χ3v) is 6.25. The van der Waals surface area contributed by atoms with Crippen molar-refractivity contribution in [2.75, 3.05) is 13.1 Å². The fourth-order valence-electron chi connectivity index (χ4n) is 4.25. The van der Waals surface area contributed by atoms with Crippen molar-refractivity contribution in [3.05, 3.63) is 49.8 Å². The maximum Gasteiger partial charge on any atom is 0.265 e. The zero-order valence-corrected chi connectivity index (χ0v) is 15.5. The summed E-state index contributed by atoms with van der Waals surface area (Å²) < 4.78 is 1.90. The number of aryl methyl sites for hydroxylation is 2. The highest BCUT2D eigenvalue weighted by Crippen LogP contribution is 2.36. The molecule has 132 valence electrons. The van der Waals surface area contributed by atoms with Crippen molar-refractivity contribution >= 4 is 17.2 Å². The van der Waals surface area contributed by atoms with Gasteiger partial charge in [0.15, 0.2) is 0 Å². The molecule has 1 saturated heterocycles. The number of hydrogen-bond acceptors (Lipinski definition) is 4. The van der Waals surface area contributed by atoms with Crippen LogP contribution < -0.4 is 5.56 Å². The Balaban J connectivity index is 1.62. The highest BCUT2D eigenvalue weighted by atomic mass is 32.1. The zero-order valence-electron chi connectivity index (χ0n) is 14.7. The Hall–Kier alpha value is -1.95. The summed E-state index contributed by atoms with van der Waals surface area (Å²) in [7, 11) is 0. The summed E-state index contributed by atoms with van der Waals surface area (Å²) in [6.45, 7) is 6.23. The molecular formula is C19H23N3O2S. The number of likely N-dealkylation sites (tertiary alicyclic amines) is 1. The van der Waals surface area contributed by atoms with Crippen LogP contribution in [0.3, 0.4) is 0 Å². The number of carbonyl (C=O) groups excluding carboxylic acids is 1. The number of carbonyl (C=O) groups is 1. The summed E-state index contributed by atoms with van der Waals surface area (Å²) in [6, 6.07) is 5.50. The van der Waals surface area contributed by atoms with Crippen molar-refractivity contribution in [2.45, 2.75) is 45.6 Å². The number of piperidine rings is 1. The van der Waals surface area contributed by atoms with E-state index in [1.807, 2.05) is 28.5 Å². The molecule has 0 aromatic carbocycles. The van der Waals surface area contributed by atoms with Gasteiger partial charge in [-0.05, 0) is 31.7 Å².